The van der Waals surface area contributed by atoms with Gasteiger partial charge in [0, 0.05) is 43.8 Å². The molecule has 2 fully saturated rings. The van der Waals surface area contributed by atoms with E-state index in [1.807, 2.05) is 0 Å². The maximum absolute atomic E-state index is 6.17. The van der Waals surface area contributed by atoms with E-state index < -0.39 is 0 Å². The summed E-state index contributed by atoms with van der Waals surface area (Å²) >= 11 is 0. The molecule has 2 atom stereocenters. The molecule has 2 aliphatic heterocycles. The number of hydrogen-bond donors (Lipinski definition) is 1. The van der Waals surface area contributed by atoms with Crippen molar-refractivity contribution in [2.45, 2.75) is 51.2 Å². The molecule has 4 nitrogen and oxygen atoms in total. The van der Waals surface area contributed by atoms with Crippen LogP contribution in [0.25, 0.3) is 0 Å². The van der Waals surface area contributed by atoms with Crippen LogP contribution in [0.3, 0.4) is 0 Å². The normalized spacial score (nSPS) is 35.5. The summed E-state index contributed by atoms with van der Waals surface area (Å²) in [5, 5.41) is 0. The Morgan fingerprint density at radius 3 is 2.72 bits per heavy atom. The van der Waals surface area contributed by atoms with Gasteiger partial charge in [0.15, 0.2) is 0 Å². The smallest absolute Gasteiger partial charge is 0.0622 e. The van der Waals surface area contributed by atoms with E-state index in [2.05, 4.69) is 30.6 Å². The minimum atomic E-state index is 0.189. The van der Waals surface area contributed by atoms with Crippen LogP contribution in [-0.2, 0) is 4.74 Å². The Bertz CT molecular complexity index is 272. The first kappa shape index (κ1) is 14.3. The number of morpholine rings is 1. The molecule has 2 aliphatic rings. The van der Waals surface area contributed by atoms with Crippen molar-refractivity contribution in [1.82, 2.24) is 9.80 Å². The molecule has 2 heterocycles. The van der Waals surface area contributed by atoms with Gasteiger partial charge in [-0.25, -0.2) is 0 Å². The van der Waals surface area contributed by atoms with Crippen LogP contribution in [0.15, 0.2) is 0 Å². The van der Waals surface area contributed by atoms with E-state index in [1.165, 1.54) is 13.0 Å². The van der Waals surface area contributed by atoms with Gasteiger partial charge in [0.1, 0.15) is 0 Å². The molecule has 0 bridgehead atoms. The Balaban J connectivity index is 2.11. The van der Waals surface area contributed by atoms with Crippen molar-refractivity contribution in [2.24, 2.45) is 5.73 Å². The fraction of sp³-hybridized carbons (Fsp3) is 1.00. The lowest BCUT2D eigenvalue weighted by Gasteiger charge is -2.47. The average molecular weight is 255 g/mol. The predicted octanol–water partition coefficient (Wildman–Crippen LogP) is 0.909. The van der Waals surface area contributed by atoms with Crippen LogP contribution in [0.1, 0.15) is 33.6 Å². The Kier molecular flexibility index (Phi) is 4.64. The zero-order chi connectivity index (χ0) is 13.2. The van der Waals surface area contributed by atoms with Gasteiger partial charge in [-0.2, -0.15) is 0 Å². The van der Waals surface area contributed by atoms with E-state index in [9.17, 15) is 0 Å². The highest BCUT2D eigenvalue weighted by Crippen LogP contribution is 2.32. The zero-order valence-corrected chi connectivity index (χ0v) is 12.2. The van der Waals surface area contributed by atoms with Crippen molar-refractivity contribution >= 4 is 0 Å². The maximum Gasteiger partial charge on any atom is 0.0622 e. The predicted molar refractivity (Wildman–Crippen MR) is 74.7 cm³/mol. The van der Waals surface area contributed by atoms with Gasteiger partial charge in [-0.3, -0.25) is 9.80 Å². The molecule has 0 spiro atoms. The number of hydrogen-bond acceptors (Lipinski definition) is 4. The molecular formula is C14H29N3O. The Morgan fingerprint density at radius 1 is 1.39 bits per heavy atom. The first-order chi connectivity index (χ1) is 8.63. The molecule has 2 rings (SSSR count). The second-order valence-electron chi connectivity index (χ2n) is 6.07. The molecule has 0 aromatic heterocycles. The van der Waals surface area contributed by atoms with Gasteiger partial charge in [-0.1, -0.05) is 6.92 Å². The van der Waals surface area contributed by atoms with Crippen molar-refractivity contribution in [1.29, 1.82) is 0 Å². The van der Waals surface area contributed by atoms with Gasteiger partial charge in [0.05, 0.1) is 13.2 Å². The number of ether oxygens (including phenoxy) is 1. The second-order valence-corrected chi connectivity index (χ2v) is 6.07. The van der Waals surface area contributed by atoms with Gasteiger partial charge in [-0.05, 0) is 26.7 Å². The summed E-state index contributed by atoms with van der Waals surface area (Å²) < 4.78 is 5.63. The monoisotopic (exact) mass is 255 g/mol. The number of rotatable bonds is 4. The molecule has 0 amide bonds. The van der Waals surface area contributed by atoms with Gasteiger partial charge in [0.25, 0.3) is 0 Å². The molecule has 0 aliphatic carbocycles. The first-order valence-electron chi connectivity index (χ1n) is 7.41. The molecule has 0 aromatic rings. The van der Waals surface area contributed by atoms with E-state index in [4.69, 9.17) is 10.5 Å². The third kappa shape index (κ3) is 2.57. The standard InChI is InChI=1S/C14H29N3O/c1-4-13-9-18-8-7-17(13)14(10-15)5-6-16(11-14)12(2)3/h12-13H,4-11,15H2,1-3H3. The molecule has 106 valence electrons. The van der Waals surface area contributed by atoms with Crippen molar-refractivity contribution < 1.29 is 4.74 Å². The van der Waals surface area contributed by atoms with Crippen molar-refractivity contribution in [3.63, 3.8) is 0 Å². The highest BCUT2D eigenvalue weighted by Gasteiger charge is 2.45. The van der Waals surface area contributed by atoms with Crippen LogP contribution in [0, 0.1) is 0 Å². The lowest BCUT2D eigenvalue weighted by molar-refractivity contribution is -0.0612. The van der Waals surface area contributed by atoms with Crippen molar-refractivity contribution in [3.05, 3.63) is 0 Å². The SMILES string of the molecule is CCC1COCCN1C1(CN)CCN(C(C)C)C1. The van der Waals surface area contributed by atoms with E-state index in [0.29, 0.717) is 12.1 Å². The van der Waals surface area contributed by atoms with Crippen LogP contribution in [-0.4, -0.2) is 66.8 Å². The third-order valence-corrected chi connectivity index (χ3v) is 4.78. The summed E-state index contributed by atoms with van der Waals surface area (Å²) in [6.45, 7) is 12.7. The highest BCUT2D eigenvalue weighted by atomic mass is 16.5. The molecule has 4 heteroatoms. The molecule has 0 aromatic carbocycles. The van der Waals surface area contributed by atoms with Gasteiger partial charge < -0.3 is 10.5 Å². The molecule has 0 radical (unpaired) electrons. The summed E-state index contributed by atoms with van der Waals surface area (Å²) in [4.78, 5) is 5.22. The van der Waals surface area contributed by atoms with Crippen LogP contribution in [0.2, 0.25) is 0 Å². The van der Waals surface area contributed by atoms with Gasteiger partial charge >= 0.3 is 0 Å². The van der Waals surface area contributed by atoms with Gasteiger partial charge in [-0.15, -0.1) is 0 Å². The second kappa shape index (κ2) is 5.87. The third-order valence-electron chi connectivity index (χ3n) is 4.78. The van der Waals surface area contributed by atoms with E-state index in [0.717, 1.165) is 39.3 Å². The molecular weight excluding hydrogens is 226 g/mol. The topological polar surface area (TPSA) is 41.7 Å². The number of nitrogens with zero attached hydrogens (tertiary/aromatic N) is 2. The van der Waals surface area contributed by atoms with Gasteiger partial charge in [0.2, 0.25) is 0 Å². The number of likely N-dealkylation sites (tertiary alicyclic amines) is 1. The molecule has 2 unspecified atom stereocenters. The molecule has 2 saturated heterocycles. The van der Waals surface area contributed by atoms with Crippen molar-refractivity contribution in [3.8, 4) is 0 Å². The lowest BCUT2D eigenvalue weighted by atomic mass is 9.92. The van der Waals surface area contributed by atoms with Crippen molar-refractivity contribution in [2.75, 3.05) is 39.4 Å². The molecule has 0 saturated carbocycles. The maximum atomic E-state index is 6.17. The van der Waals surface area contributed by atoms with E-state index >= 15 is 0 Å². The fourth-order valence-corrected chi connectivity index (χ4v) is 3.46. The largest absolute Gasteiger partial charge is 0.378 e. The average Bonchev–Trinajstić information content (AvgIpc) is 2.84. The Labute approximate surface area is 111 Å². The summed E-state index contributed by atoms with van der Waals surface area (Å²) in [5.74, 6) is 0. The number of nitrogens with two attached hydrogens (primary N) is 1. The summed E-state index contributed by atoms with van der Waals surface area (Å²) in [6.07, 6.45) is 2.36. The van der Waals surface area contributed by atoms with Crippen LogP contribution >= 0.6 is 0 Å². The summed E-state index contributed by atoms with van der Waals surface area (Å²) in [7, 11) is 0. The molecule has 2 N–H and O–H groups in total. The first-order valence-corrected chi connectivity index (χ1v) is 7.41. The zero-order valence-electron chi connectivity index (χ0n) is 12.2. The Morgan fingerprint density at radius 2 is 2.17 bits per heavy atom. The fourth-order valence-electron chi connectivity index (χ4n) is 3.46. The summed E-state index contributed by atoms with van der Waals surface area (Å²) in [5.41, 5.74) is 6.36. The summed E-state index contributed by atoms with van der Waals surface area (Å²) in [6, 6.07) is 1.17. The van der Waals surface area contributed by atoms with E-state index in [1.54, 1.807) is 0 Å². The minimum Gasteiger partial charge on any atom is -0.378 e. The van der Waals surface area contributed by atoms with Crippen LogP contribution in [0.5, 0.6) is 0 Å². The van der Waals surface area contributed by atoms with Crippen LogP contribution < -0.4 is 5.73 Å². The highest BCUT2D eigenvalue weighted by molar-refractivity contribution is 5.03. The van der Waals surface area contributed by atoms with Crippen LogP contribution in [0.4, 0.5) is 0 Å². The molecule has 18 heavy (non-hydrogen) atoms. The van der Waals surface area contributed by atoms with E-state index in [-0.39, 0.29) is 5.54 Å². The Hall–Kier alpha value is -0.160. The quantitative estimate of drug-likeness (QED) is 0.811. The lowest BCUT2D eigenvalue weighted by Crippen LogP contribution is -2.62. The minimum absolute atomic E-state index is 0.189.